The molecule has 0 saturated heterocycles. The number of carbonyl (C=O) groups excluding carboxylic acids is 1. The van der Waals surface area contributed by atoms with Crippen LogP contribution in [0.15, 0.2) is 44.7 Å². The fourth-order valence-corrected chi connectivity index (χ4v) is 3.34. The zero-order chi connectivity index (χ0) is 23.3. The van der Waals surface area contributed by atoms with E-state index in [0.29, 0.717) is 40.2 Å². The lowest BCUT2D eigenvalue weighted by Crippen LogP contribution is -2.22. The predicted molar refractivity (Wildman–Crippen MR) is 123 cm³/mol. The van der Waals surface area contributed by atoms with Crippen LogP contribution in [0.5, 0.6) is 17.2 Å². The molecule has 0 N–H and O–H groups in total. The highest BCUT2D eigenvalue weighted by Crippen LogP contribution is 2.38. The number of esters is 1. The molecule has 0 bridgehead atoms. The molecule has 32 heavy (non-hydrogen) atoms. The van der Waals surface area contributed by atoms with Crippen molar-refractivity contribution in [1.82, 2.24) is 9.66 Å². The summed E-state index contributed by atoms with van der Waals surface area (Å²) in [7, 11) is 4.20. The number of nitrogens with zero attached hydrogens (tertiary/aromatic N) is 3. The Kier molecular flexibility index (Phi) is 7.47. The monoisotopic (exact) mass is 503 g/mol. The fourth-order valence-electron chi connectivity index (χ4n) is 2.97. The second-order valence-electron chi connectivity index (χ2n) is 6.52. The Labute approximate surface area is 192 Å². The molecule has 168 valence electrons. The number of benzene rings is 2. The number of aromatic nitrogens is 2. The predicted octanol–water partition coefficient (Wildman–Crippen LogP) is 3.17. The van der Waals surface area contributed by atoms with Gasteiger partial charge in [-0.15, -0.1) is 0 Å². The molecule has 0 aliphatic heterocycles. The van der Waals surface area contributed by atoms with E-state index in [1.807, 2.05) is 13.0 Å². The summed E-state index contributed by atoms with van der Waals surface area (Å²) in [4.78, 5) is 29.0. The van der Waals surface area contributed by atoms with Crippen LogP contribution in [0.2, 0.25) is 0 Å². The number of carbonyl (C=O) groups is 1. The van der Waals surface area contributed by atoms with Gasteiger partial charge in [0.2, 0.25) is 5.75 Å². The first-order chi connectivity index (χ1) is 15.4. The molecule has 0 radical (unpaired) electrons. The summed E-state index contributed by atoms with van der Waals surface area (Å²) in [6.45, 7) is 1.60. The molecular formula is C22H22BrN3O6. The van der Waals surface area contributed by atoms with Gasteiger partial charge >= 0.3 is 5.97 Å². The topological polar surface area (TPSA) is 101 Å². The normalized spacial score (nSPS) is 11.0. The summed E-state index contributed by atoms with van der Waals surface area (Å²) < 4.78 is 22.9. The van der Waals surface area contributed by atoms with E-state index in [1.165, 1.54) is 32.2 Å². The van der Waals surface area contributed by atoms with Gasteiger partial charge in [0.15, 0.2) is 18.1 Å². The largest absolute Gasteiger partial charge is 0.493 e. The maximum absolute atomic E-state index is 13.0. The van der Waals surface area contributed by atoms with Crippen LogP contribution in [0, 0.1) is 0 Å². The van der Waals surface area contributed by atoms with E-state index in [4.69, 9.17) is 14.2 Å². The third-order valence-electron chi connectivity index (χ3n) is 4.56. The standard InChI is InChI=1S/C22H22BrN3O6/c1-5-19-25-16-7-6-14(23)10-15(16)22(28)26(19)24-11-13-8-17(29-2)21(18(9-13)30-3)32-12-20(27)31-4/h6-11H,5,12H2,1-4H3. The van der Waals surface area contributed by atoms with E-state index in [1.54, 1.807) is 24.3 Å². The number of methoxy groups -OCH3 is 3. The summed E-state index contributed by atoms with van der Waals surface area (Å²) >= 11 is 3.38. The van der Waals surface area contributed by atoms with Crippen LogP contribution in [-0.2, 0) is 16.0 Å². The molecule has 0 fully saturated rings. The quantitative estimate of drug-likeness (QED) is 0.343. The average Bonchev–Trinajstić information content (AvgIpc) is 2.81. The number of aryl methyl sites for hydroxylation is 1. The molecule has 3 rings (SSSR count). The van der Waals surface area contributed by atoms with Crippen molar-refractivity contribution in [2.45, 2.75) is 13.3 Å². The van der Waals surface area contributed by atoms with Crippen molar-refractivity contribution in [3.63, 3.8) is 0 Å². The van der Waals surface area contributed by atoms with Gasteiger partial charge < -0.3 is 18.9 Å². The molecule has 1 heterocycles. The average molecular weight is 504 g/mol. The Morgan fingerprint density at radius 2 is 1.84 bits per heavy atom. The molecule has 10 heteroatoms. The van der Waals surface area contributed by atoms with Crippen LogP contribution in [0.1, 0.15) is 18.3 Å². The molecule has 0 spiro atoms. The zero-order valence-corrected chi connectivity index (χ0v) is 19.6. The van der Waals surface area contributed by atoms with E-state index in [9.17, 15) is 9.59 Å². The molecule has 9 nitrogen and oxygen atoms in total. The Morgan fingerprint density at radius 3 is 2.44 bits per heavy atom. The van der Waals surface area contributed by atoms with E-state index in [-0.39, 0.29) is 17.9 Å². The highest BCUT2D eigenvalue weighted by Gasteiger charge is 2.16. The number of hydrogen-bond acceptors (Lipinski definition) is 8. The van der Waals surface area contributed by atoms with Gasteiger partial charge in [0.1, 0.15) is 5.82 Å². The second-order valence-corrected chi connectivity index (χ2v) is 7.44. The van der Waals surface area contributed by atoms with Crippen molar-refractivity contribution < 1.29 is 23.7 Å². The minimum absolute atomic E-state index is 0.251. The van der Waals surface area contributed by atoms with Gasteiger partial charge in [0, 0.05) is 16.5 Å². The maximum atomic E-state index is 13.0. The van der Waals surface area contributed by atoms with Crippen molar-refractivity contribution in [1.29, 1.82) is 0 Å². The third kappa shape index (κ3) is 4.91. The van der Waals surface area contributed by atoms with Crippen LogP contribution in [0.3, 0.4) is 0 Å². The highest BCUT2D eigenvalue weighted by atomic mass is 79.9. The molecule has 0 aliphatic carbocycles. The molecule has 0 saturated carbocycles. The van der Waals surface area contributed by atoms with Gasteiger partial charge in [-0.2, -0.15) is 9.78 Å². The molecule has 1 aromatic heterocycles. The summed E-state index contributed by atoms with van der Waals surface area (Å²) in [6, 6.07) is 8.65. The minimum atomic E-state index is -0.540. The van der Waals surface area contributed by atoms with Gasteiger partial charge in [-0.25, -0.2) is 9.78 Å². The van der Waals surface area contributed by atoms with Gasteiger partial charge in [0.05, 0.1) is 38.4 Å². The molecule has 0 amide bonds. The first kappa shape index (κ1) is 23.3. The molecular weight excluding hydrogens is 482 g/mol. The molecule has 0 aliphatic rings. The first-order valence-electron chi connectivity index (χ1n) is 9.63. The van der Waals surface area contributed by atoms with E-state index >= 15 is 0 Å². The zero-order valence-electron chi connectivity index (χ0n) is 18.0. The van der Waals surface area contributed by atoms with Crippen molar-refractivity contribution in [2.24, 2.45) is 5.10 Å². The maximum Gasteiger partial charge on any atom is 0.343 e. The Balaban J connectivity index is 2.04. The number of halogens is 1. The summed E-state index contributed by atoms with van der Waals surface area (Å²) in [5, 5.41) is 4.82. The third-order valence-corrected chi connectivity index (χ3v) is 5.05. The van der Waals surface area contributed by atoms with Crippen LogP contribution in [-0.4, -0.2) is 49.8 Å². The summed E-state index contributed by atoms with van der Waals surface area (Å²) in [5.74, 6) is 0.901. The minimum Gasteiger partial charge on any atom is -0.493 e. The second kappa shape index (κ2) is 10.3. The summed E-state index contributed by atoms with van der Waals surface area (Å²) in [5.41, 5.74) is 0.922. The van der Waals surface area contributed by atoms with Crippen LogP contribution in [0.4, 0.5) is 0 Å². The number of fused-ring (bicyclic) bond motifs is 1. The lowest BCUT2D eigenvalue weighted by atomic mass is 10.2. The van der Waals surface area contributed by atoms with Gasteiger partial charge in [-0.1, -0.05) is 22.9 Å². The highest BCUT2D eigenvalue weighted by molar-refractivity contribution is 9.10. The van der Waals surface area contributed by atoms with Crippen molar-refractivity contribution in [3.05, 3.63) is 56.5 Å². The van der Waals surface area contributed by atoms with Crippen molar-refractivity contribution in [2.75, 3.05) is 27.9 Å². The van der Waals surface area contributed by atoms with E-state index in [0.717, 1.165) is 4.47 Å². The Morgan fingerprint density at radius 1 is 1.16 bits per heavy atom. The van der Waals surface area contributed by atoms with Gasteiger partial charge in [-0.3, -0.25) is 4.79 Å². The molecule has 3 aromatic rings. The Bertz CT molecular complexity index is 1210. The fraction of sp³-hybridized carbons (Fsp3) is 0.273. The van der Waals surface area contributed by atoms with E-state index in [2.05, 4.69) is 30.8 Å². The number of hydrogen-bond donors (Lipinski definition) is 0. The van der Waals surface area contributed by atoms with E-state index < -0.39 is 5.97 Å². The lowest BCUT2D eigenvalue weighted by Gasteiger charge is -2.14. The van der Waals surface area contributed by atoms with Crippen LogP contribution in [0.25, 0.3) is 10.9 Å². The molecule has 0 atom stereocenters. The summed E-state index contributed by atoms with van der Waals surface area (Å²) in [6.07, 6.45) is 2.02. The first-order valence-corrected chi connectivity index (χ1v) is 10.4. The molecule has 2 aromatic carbocycles. The van der Waals surface area contributed by atoms with Crippen molar-refractivity contribution >= 4 is 39.0 Å². The number of rotatable bonds is 8. The van der Waals surface area contributed by atoms with Gasteiger partial charge in [0.25, 0.3) is 5.56 Å². The smallest absolute Gasteiger partial charge is 0.343 e. The molecule has 0 unspecified atom stereocenters. The van der Waals surface area contributed by atoms with Gasteiger partial charge in [-0.05, 0) is 30.3 Å². The van der Waals surface area contributed by atoms with Crippen molar-refractivity contribution in [3.8, 4) is 17.2 Å². The van der Waals surface area contributed by atoms with Crippen LogP contribution < -0.4 is 19.8 Å². The lowest BCUT2D eigenvalue weighted by molar-refractivity contribution is -0.142. The van der Waals surface area contributed by atoms with Crippen LogP contribution >= 0.6 is 15.9 Å². The SMILES string of the molecule is CCc1nc2ccc(Br)cc2c(=O)n1N=Cc1cc(OC)c(OCC(=O)OC)c(OC)c1. The number of ether oxygens (including phenoxy) is 4. The Hall–Kier alpha value is -3.40.